The molecule has 8 heteroatoms. The molecule has 2 heterocycles. The number of imidazole rings is 1. The van der Waals surface area contributed by atoms with Crippen LogP contribution in [0.2, 0.25) is 0 Å². The average Bonchev–Trinajstić information content (AvgIpc) is 3.31. The summed E-state index contributed by atoms with van der Waals surface area (Å²) in [6, 6.07) is 12.0. The molecule has 0 bridgehead atoms. The number of aromatic nitrogens is 2. The number of hydrogen-bond acceptors (Lipinski definition) is 5. The Kier molecular flexibility index (Phi) is 5.68. The SMILES string of the molecule is C[C@H](NC(=O)OC(C)(C)C)c1nc2ccc(F)c(COC3(C)CO3)c2n1-c1ccccc1. The van der Waals surface area contributed by atoms with E-state index in [0.29, 0.717) is 29.0 Å². The Balaban J connectivity index is 1.79. The van der Waals surface area contributed by atoms with Crippen molar-refractivity contribution in [2.75, 3.05) is 6.61 Å². The van der Waals surface area contributed by atoms with Crippen molar-refractivity contribution in [1.82, 2.24) is 14.9 Å². The van der Waals surface area contributed by atoms with Crippen molar-refractivity contribution < 1.29 is 23.4 Å². The van der Waals surface area contributed by atoms with Gasteiger partial charge in [0.1, 0.15) is 23.8 Å². The third kappa shape index (κ3) is 4.76. The van der Waals surface area contributed by atoms with E-state index in [0.717, 1.165) is 5.69 Å². The lowest BCUT2D eigenvalue weighted by Crippen LogP contribution is -2.34. The highest BCUT2D eigenvalue weighted by Gasteiger charge is 2.41. The van der Waals surface area contributed by atoms with Crippen molar-refractivity contribution in [2.45, 2.75) is 58.7 Å². The predicted molar refractivity (Wildman–Crippen MR) is 118 cm³/mol. The van der Waals surface area contributed by atoms with Gasteiger partial charge in [0.05, 0.1) is 23.7 Å². The molecule has 3 aromatic rings. The molecule has 1 aliphatic rings. The van der Waals surface area contributed by atoms with Crippen LogP contribution in [0.4, 0.5) is 9.18 Å². The first-order chi connectivity index (χ1) is 15.1. The first-order valence-electron chi connectivity index (χ1n) is 10.6. The molecule has 1 aliphatic heterocycles. The lowest BCUT2D eigenvalue weighted by Gasteiger charge is -2.22. The highest BCUT2D eigenvalue weighted by Crippen LogP contribution is 2.33. The zero-order chi connectivity index (χ0) is 23.1. The Morgan fingerprint density at radius 2 is 1.97 bits per heavy atom. The molecule has 4 rings (SSSR count). The zero-order valence-electron chi connectivity index (χ0n) is 18.9. The molecule has 2 aromatic carbocycles. The fraction of sp³-hybridized carbons (Fsp3) is 0.417. The molecule has 1 N–H and O–H groups in total. The number of carbonyl (C=O) groups is 1. The molecule has 1 amide bonds. The molecular weight excluding hydrogens is 413 g/mol. The van der Waals surface area contributed by atoms with Crippen LogP contribution >= 0.6 is 0 Å². The summed E-state index contributed by atoms with van der Waals surface area (Å²) in [6.45, 7) is 9.55. The van der Waals surface area contributed by atoms with E-state index in [1.807, 2.05) is 48.7 Å². The Bertz CT molecular complexity index is 1130. The van der Waals surface area contributed by atoms with Crippen molar-refractivity contribution in [3.8, 4) is 5.69 Å². The van der Waals surface area contributed by atoms with E-state index in [1.54, 1.807) is 26.8 Å². The number of benzene rings is 2. The monoisotopic (exact) mass is 441 g/mol. The Morgan fingerprint density at radius 1 is 1.28 bits per heavy atom. The number of epoxide rings is 1. The lowest BCUT2D eigenvalue weighted by molar-refractivity contribution is -0.0407. The van der Waals surface area contributed by atoms with E-state index in [2.05, 4.69) is 5.32 Å². The average molecular weight is 442 g/mol. The van der Waals surface area contributed by atoms with E-state index in [4.69, 9.17) is 19.2 Å². The van der Waals surface area contributed by atoms with Gasteiger partial charge in [-0.05, 0) is 58.9 Å². The normalized spacial score (nSPS) is 19.1. The summed E-state index contributed by atoms with van der Waals surface area (Å²) in [7, 11) is 0. The lowest BCUT2D eigenvalue weighted by atomic mass is 10.1. The van der Waals surface area contributed by atoms with Gasteiger partial charge in [0.15, 0.2) is 5.79 Å². The molecular formula is C24H28FN3O4. The maximum Gasteiger partial charge on any atom is 0.408 e. The molecule has 0 spiro atoms. The smallest absolute Gasteiger partial charge is 0.408 e. The first kappa shape index (κ1) is 22.2. The van der Waals surface area contributed by atoms with Crippen molar-refractivity contribution in [3.63, 3.8) is 0 Å². The van der Waals surface area contributed by atoms with E-state index in [-0.39, 0.29) is 6.61 Å². The van der Waals surface area contributed by atoms with E-state index in [1.165, 1.54) is 6.07 Å². The van der Waals surface area contributed by atoms with Crippen LogP contribution in [0.25, 0.3) is 16.7 Å². The van der Waals surface area contributed by atoms with Crippen molar-refractivity contribution in [3.05, 3.63) is 59.7 Å². The Hall–Kier alpha value is -2.97. The van der Waals surface area contributed by atoms with E-state index in [9.17, 15) is 9.18 Å². The van der Waals surface area contributed by atoms with Crippen LogP contribution in [0, 0.1) is 5.82 Å². The third-order valence-electron chi connectivity index (χ3n) is 5.10. The maximum atomic E-state index is 15.0. The third-order valence-corrected chi connectivity index (χ3v) is 5.10. The molecule has 7 nitrogen and oxygen atoms in total. The number of alkyl carbamates (subject to hydrolysis) is 1. The second-order valence-electron chi connectivity index (χ2n) is 9.11. The van der Waals surface area contributed by atoms with Crippen LogP contribution in [0.1, 0.15) is 52.0 Å². The van der Waals surface area contributed by atoms with Crippen LogP contribution in [-0.4, -0.2) is 33.6 Å². The minimum absolute atomic E-state index is 0.0332. The van der Waals surface area contributed by atoms with Gasteiger partial charge >= 0.3 is 6.09 Å². The number of ether oxygens (including phenoxy) is 3. The van der Waals surface area contributed by atoms with Crippen molar-refractivity contribution in [2.24, 2.45) is 0 Å². The van der Waals surface area contributed by atoms with E-state index >= 15 is 0 Å². The molecule has 32 heavy (non-hydrogen) atoms. The Morgan fingerprint density at radius 3 is 2.59 bits per heavy atom. The summed E-state index contributed by atoms with van der Waals surface area (Å²) in [6.07, 6.45) is -0.551. The molecule has 170 valence electrons. The summed E-state index contributed by atoms with van der Waals surface area (Å²) in [4.78, 5) is 17.1. The maximum absolute atomic E-state index is 15.0. The molecule has 1 fully saturated rings. The number of rotatable bonds is 6. The molecule has 2 atom stereocenters. The molecule has 0 aliphatic carbocycles. The van der Waals surface area contributed by atoms with Crippen LogP contribution in [0.3, 0.4) is 0 Å². The first-order valence-corrected chi connectivity index (χ1v) is 10.6. The number of nitrogens with zero attached hydrogens (tertiary/aromatic N) is 2. The summed E-state index contributed by atoms with van der Waals surface area (Å²) >= 11 is 0. The van der Waals surface area contributed by atoms with Crippen LogP contribution in [0.15, 0.2) is 42.5 Å². The van der Waals surface area contributed by atoms with Crippen LogP contribution < -0.4 is 5.32 Å². The Labute approximate surface area is 186 Å². The van der Waals surface area contributed by atoms with Crippen LogP contribution in [0.5, 0.6) is 0 Å². The standard InChI is InChI=1S/C24H28FN3O4/c1-15(26-22(29)32-23(2,3)4)21-27-19-12-11-18(25)17(13-30-24(5)14-31-24)20(19)28(21)16-9-7-6-8-10-16/h6-12,15H,13-14H2,1-5H3,(H,26,29)/t15-,24?/m0/s1. The topological polar surface area (TPSA) is 77.9 Å². The number of halogens is 1. The summed E-state index contributed by atoms with van der Waals surface area (Å²) < 4.78 is 33.3. The highest BCUT2D eigenvalue weighted by atomic mass is 19.1. The summed E-state index contributed by atoms with van der Waals surface area (Å²) in [5.74, 6) is -0.517. The summed E-state index contributed by atoms with van der Waals surface area (Å²) in [5, 5.41) is 2.83. The van der Waals surface area contributed by atoms with Gasteiger partial charge in [0, 0.05) is 11.3 Å². The van der Waals surface area contributed by atoms with Crippen LogP contribution in [-0.2, 0) is 20.8 Å². The van der Waals surface area contributed by atoms with Crippen molar-refractivity contribution in [1.29, 1.82) is 0 Å². The fourth-order valence-electron chi connectivity index (χ4n) is 3.45. The van der Waals surface area contributed by atoms with Gasteiger partial charge in [-0.1, -0.05) is 18.2 Å². The number of hydrogen-bond donors (Lipinski definition) is 1. The molecule has 0 saturated carbocycles. The second-order valence-corrected chi connectivity index (χ2v) is 9.11. The van der Waals surface area contributed by atoms with Gasteiger partial charge in [-0.15, -0.1) is 0 Å². The molecule has 1 unspecified atom stereocenters. The van der Waals surface area contributed by atoms with Crippen molar-refractivity contribution >= 4 is 17.1 Å². The highest BCUT2D eigenvalue weighted by molar-refractivity contribution is 5.82. The minimum Gasteiger partial charge on any atom is -0.444 e. The summed E-state index contributed by atoms with van der Waals surface area (Å²) in [5.41, 5.74) is 1.74. The number of nitrogens with one attached hydrogen (secondary N) is 1. The van der Waals surface area contributed by atoms with Gasteiger partial charge in [0.25, 0.3) is 0 Å². The number of fused-ring (bicyclic) bond motifs is 1. The van der Waals surface area contributed by atoms with Gasteiger partial charge in [0.2, 0.25) is 0 Å². The quantitative estimate of drug-likeness (QED) is 0.544. The number of para-hydroxylation sites is 1. The van der Waals surface area contributed by atoms with Gasteiger partial charge < -0.3 is 19.5 Å². The number of amides is 1. The molecule has 0 radical (unpaired) electrons. The second kappa shape index (κ2) is 8.18. The zero-order valence-corrected chi connectivity index (χ0v) is 18.9. The number of carbonyl (C=O) groups excluding carboxylic acids is 1. The van der Waals surface area contributed by atoms with Gasteiger partial charge in [-0.2, -0.15) is 0 Å². The van der Waals surface area contributed by atoms with Gasteiger partial charge in [-0.25, -0.2) is 14.2 Å². The molecule has 1 aromatic heterocycles. The molecule has 1 saturated heterocycles. The van der Waals surface area contributed by atoms with Gasteiger partial charge in [-0.3, -0.25) is 4.57 Å². The minimum atomic E-state index is -0.680. The largest absolute Gasteiger partial charge is 0.444 e. The fourth-order valence-corrected chi connectivity index (χ4v) is 3.45. The van der Waals surface area contributed by atoms with E-state index < -0.39 is 29.3 Å². The predicted octanol–water partition coefficient (Wildman–Crippen LogP) is 5.01.